The van der Waals surface area contributed by atoms with Crippen LogP contribution >= 0.6 is 34.5 Å². The topological polar surface area (TPSA) is 49.4 Å². The van der Waals surface area contributed by atoms with Crippen LogP contribution in [0.5, 0.6) is 0 Å². The number of carbonyl (C=O) groups excluding carboxylic acids is 2. The van der Waals surface area contributed by atoms with E-state index >= 15 is 0 Å². The number of hydrogen-bond donors (Lipinski definition) is 1. The lowest BCUT2D eigenvalue weighted by Crippen LogP contribution is -2.32. The Balaban J connectivity index is 1.82. The molecule has 0 bridgehead atoms. The number of rotatable bonds is 4. The van der Waals surface area contributed by atoms with Gasteiger partial charge in [0.25, 0.3) is 11.8 Å². The van der Waals surface area contributed by atoms with Crippen LogP contribution in [0.2, 0.25) is 10.0 Å². The van der Waals surface area contributed by atoms with Crippen molar-refractivity contribution in [2.24, 2.45) is 0 Å². The number of nitrogens with one attached hydrogen (secondary N) is 1. The Morgan fingerprint density at radius 2 is 1.72 bits per heavy atom. The third-order valence-electron chi connectivity index (χ3n) is 4.67. The first kappa shape index (κ1) is 19.7. The Bertz CT molecular complexity index is 1170. The van der Waals surface area contributed by atoms with E-state index in [2.05, 4.69) is 5.32 Å². The van der Waals surface area contributed by atoms with Gasteiger partial charge in [-0.25, -0.2) is 4.90 Å². The van der Waals surface area contributed by atoms with Crippen LogP contribution in [0.4, 0.5) is 11.4 Å². The van der Waals surface area contributed by atoms with Crippen LogP contribution < -0.4 is 10.2 Å². The minimum absolute atomic E-state index is 0.247. The summed E-state index contributed by atoms with van der Waals surface area (Å²) < 4.78 is 0. The molecule has 0 aliphatic carbocycles. The van der Waals surface area contributed by atoms with E-state index in [-0.39, 0.29) is 10.7 Å². The highest BCUT2D eigenvalue weighted by Crippen LogP contribution is 2.37. The Morgan fingerprint density at radius 3 is 2.41 bits per heavy atom. The summed E-state index contributed by atoms with van der Waals surface area (Å²) in [5, 5.41) is 5.71. The summed E-state index contributed by atoms with van der Waals surface area (Å²) in [6.07, 6.45) is 0. The monoisotopic (exact) mass is 442 g/mol. The van der Waals surface area contributed by atoms with Crippen molar-refractivity contribution in [1.82, 2.24) is 0 Å². The maximum absolute atomic E-state index is 13.3. The zero-order chi connectivity index (χ0) is 20.7. The maximum Gasteiger partial charge on any atom is 0.282 e. The molecule has 0 fully saturated rings. The smallest absolute Gasteiger partial charge is 0.282 e. The van der Waals surface area contributed by atoms with E-state index in [1.54, 1.807) is 12.1 Å². The molecular weight excluding hydrogens is 427 g/mol. The van der Waals surface area contributed by atoms with Gasteiger partial charge in [-0.1, -0.05) is 41.4 Å². The van der Waals surface area contributed by atoms with Crippen molar-refractivity contribution < 1.29 is 9.59 Å². The first-order valence-electron chi connectivity index (χ1n) is 8.83. The molecular formula is C22H16Cl2N2O2S. The first-order chi connectivity index (χ1) is 13.9. The number of aryl methyl sites for hydroxylation is 2. The number of thiophene rings is 1. The van der Waals surface area contributed by atoms with Crippen molar-refractivity contribution in [2.45, 2.75) is 13.8 Å². The minimum Gasteiger partial charge on any atom is -0.350 e. The SMILES string of the molecule is Cc1ccc(C)c(NC2=C(c3cccs3)C(=O)N(c3ccc(Cl)c(Cl)c3)C2=O)c1. The second kappa shape index (κ2) is 7.67. The number of nitrogens with zero attached hydrogens (tertiary/aromatic N) is 1. The zero-order valence-electron chi connectivity index (χ0n) is 15.6. The largest absolute Gasteiger partial charge is 0.350 e. The van der Waals surface area contributed by atoms with Crippen LogP contribution in [0.15, 0.2) is 59.6 Å². The summed E-state index contributed by atoms with van der Waals surface area (Å²) in [5.41, 5.74) is 3.78. The normalized spacial score (nSPS) is 14.1. The molecule has 0 atom stereocenters. The third kappa shape index (κ3) is 3.57. The number of imide groups is 1. The molecule has 0 saturated carbocycles. The maximum atomic E-state index is 13.3. The molecule has 2 aromatic carbocycles. The molecule has 2 amide bonds. The number of hydrogen-bond acceptors (Lipinski definition) is 4. The molecule has 7 heteroatoms. The van der Waals surface area contributed by atoms with Crippen molar-refractivity contribution in [2.75, 3.05) is 10.2 Å². The Kier molecular flexibility index (Phi) is 5.21. The molecule has 0 spiro atoms. The van der Waals surface area contributed by atoms with E-state index in [4.69, 9.17) is 23.2 Å². The average Bonchev–Trinajstić information content (AvgIpc) is 3.28. The van der Waals surface area contributed by atoms with Gasteiger partial charge in [0.2, 0.25) is 0 Å². The van der Waals surface area contributed by atoms with Crippen LogP contribution in [0, 0.1) is 13.8 Å². The lowest BCUT2D eigenvalue weighted by molar-refractivity contribution is -0.120. The number of carbonyl (C=O) groups is 2. The van der Waals surface area contributed by atoms with Gasteiger partial charge in [-0.05, 0) is 60.7 Å². The third-order valence-corrected chi connectivity index (χ3v) is 6.29. The van der Waals surface area contributed by atoms with Crippen molar-refractivity contribution in [1.29, 1.82) is 0 Å². The number of amides is 2. The van der Waals surface area contributed by atoms with Gasteiger partial charge in [0.1, 0.15) is 5.70 Å². The lowest BCUT2D eigenvalue weighted by Gasteiger charge is -2.16. The molecule has 2 heterocycles. The highest BCUT2D eigenvalue weighted by Gasteiger charge is 2.41. The van der Waals surface area contributed by atoms with E-state index in [1.807, 2.05) is 49.6 Å². The highest BCUT2D eigenvalue weighted by molar-refractivity contribution is 7.11. The number of benzene rings is 2. The van der Waals surface area contributed by atoms with E-state index in [9.17, 15) is 9.59 Å². The molecule has 3 aromatic rings. The molecule has 1 aliphatic heterocycles. The average molecular weight is 443 g/mol. The zero-order valence-corrected chi connectivity index (χ0v) is 18.0. The van der Waals surface area contributed by atoms with Gasteiger partial charge in [-0.3, -0.25) is 9.59 Å². The number of anilines is 2. The van der Waals surface area contributed by atoms with Crippen molar-refractivity contribution >= 4 is 63.3 Å². The molecule has 1 aromatic heterocycles. The van der Waals surface area contributed by atoms with E-state index in [0.717, 1.165) is 26.6 Å². The second-order valence-corrected chi connectivity index (χ2v) is 8.48. The fraction of sp³-hybridized carbons (Fsp3) is 0.0909. The van der Waals surface area contributed by atoms with Crippen LogP contribution in [-0.2, 0) is 9.59 Å². The first-order valence-corrected chi connectivity index (χ1v) is 10.5. The molecule has 29 heavy (non-hydrogen) atoms. The molecule has 146 valence electrons. The van der Waals surface area contributed by atoms with Gasteiger partial charge in [0, 0.05) is 10.6 Å². The molecule has 1 N–H and O–H groups in total. The predicted molar refractivity (Wildman–Crippen MR) is 120 cm³/mol. The van der Waals surface area contributed by atoms with Gasteiger partial charge in [0.05, 0.1) is 21.3 Å². The lowest BCUT2D eigenvalue weighted by atomic mass is 10.1. The van der Waals surface area contributed by atoms with E-state index < -0.39 is 11.8 Å². The molecule has 0 saturated heterocycles. The van der Waals surface area contributed by atoms with Crippen LogP contribution in [0.1, 0.15) is 16.0 Å². The van der Waals surface area contributed by atoms with Gasteiger partial charge in [0.15, 0.2) is 0 Å². The molecule has 0 unspecified atom stereocenters. The van der Waals surface area contributed by atoms with Crippen molar-refractivity contribution in [3.63, 3.8) is 0 Å². The molecule has 0 radical (unpaired) electrons. The predicted octanol–water partition coefficient (Wildman–Crippen LogP) is 6.07. The summed E-state index contributed by atoms with van der Waals surface area (Å²) in [5.74, 6) is -0.832. The van der Waals surface area contributed by atoms with Crippen molar-refractivity contribution in [3.8, 4) is 0 Å². The van der Waals surface area contributed by atoms with Gasteiger partial charge in [-0.2, -0.15) is 0 Å². The number of halogens is 2. The molecule has 4 nitrogen and oxygen atoms in total. The molecule has 1 aliphatic rings. The second-order valence-electron chi connectivity index (χ2n) is 6.71. The minimum atomic E-state index is -0.433. The standard InChI is InChI=1S/C22H16Cl2N2O2S/c1-12-5-6-13(2)17(10-12)25-20-19(18-4-3-9-29-18)21(27)26(22(20)28)14-7-8-15(23)16(24)11-14/h3-11,25H,1-2H3. The van der Waals surface area contributed by atoms with Gasteiger partial charge >= 0.3 is 0 Å². The van der Waals surface area contributed by atoms with Crippen LogP contribution in [0.25, 0.3) is 5.57 Å². The summed E-state index contributed by atoms with van der Waals surface area (Å²) >= 11 is 13.5. The summed E-state index contributed by atoms with van der Waals surface area (Å²) in [6, 6.07) is 14.3. The Morgan fingerprint density at radius 1 is 0.931 bits per heavy atom. The Labute approximate surface area is 182 Å². The van der Waals surface area contributed by atoms with Crippen LogP contribution in [0.3, 0.4) is 0 Å². The Hall–Kier alpha value is -2.60. The quantitative estimate of drug-likeness (QED) is 0.498. The molecule has 4 rings (SSSR count). The summed E-state index contributed by atoms with van der Waals surface area (Å²) in [6.45, 7) is 3.92. The fourth-order valence-corrected chi connectivity index (χ4v) is 4.22. The van der Waals surface area contributed by atoms with Crippen LogP contribution in [-0.4, -0.2) is 11.8 Å². The van der Waals surface area contributed by atoms with Gasteiger partial charge < -0.3 is 5.32 Å². The van der Waals surface area contributed by atoms with Crippen molar-refractivity contribution in [3.05, 3.63) is 85.7 Å². The fourth-order valence-electron chi connectivity index (χ4n) is 3.16. The highest BCUT2D eigenvalue weighted by atomic mass is 35.5. The van der Waals surface area contributed by atoms with Gasteiger partial charge in [-0.15, -0.1) is 11.3 Å². The van der Waals surface area contributed by atoms with E-state index in [1.165, 1.54) is 17.4 Å². The summed E-state index contributed by atoms with van der Waals surface area (Å²) in [4.78, 5) is 28.5. The summed E-state index contributed by atoms with van der Waals surface area (Å²) in [7, 11) is 0. The van der Waals surface area contributed by atoms with E-state index in [0.29, 0.717) is 16.3 Å².